The van der Waals surface area contributed by atoms with Crippen LogP contribution >= 0.6 is 12.6 Å². The normalized spacial score (nSPS) is 19.2. The van der Waals surface area contributed by atoms with Crippen LogP contribution in [0.25, 0.3) is 0 Å². The van der Waals surface area contributed by atoms with Crippen molar-refractivity contribution in [2.24, 2.45) is 5.73 Å². The van der Waals surface area contributed by atoms with E-state index in [2.05, 4.69) is 12.6 Å². The third kappa shape index (κ3) is 4.41. The van der Waals surface area contributed by atoms with Gasteiger partial charge in [0.15, 0.2) is 34.9 Å². The lowest BCUT2D eigenvalue weighted by atomic mass is 9.76. The van der Waals surface area contributed by atoms with E-state index in [1.807, 2.05) is 0 Å². The summed E-state index contributed by atoms with van der Waals surface area (Å²) < 4.78 is 11.7. The van der Waals surface area contributed by atoms with Crippen molar-refractivity contribution in [1.82, 2.24) is 0 Å². The first kappa shape index (κ1) is 26.6. The Morgan fingerprint density at radius 2 is 1.61 bits per heavy atom. The van der Waals surface area contributed by atoms with E-state index >= 15 is 0 Å². The summed E-state index contributed by atoms with van der Waals surface area (Å²) >= 11 is 4.08. The number of phenols is 7. The van der Waals surface area contributed by atoms with E-state index in [9.17, 15) is 45.3 Å². The van der Waals surface area contributed by atoms with Crippen molar-refractivity contribution in [3.63, 3.8) is 0 Å². The Morgan fingerprint density at radius 3 is 2.21 bits per heavy atom. The van der Waals surface area contributed by atoms with E-state index in [-0.39, 0.29) is 29.1 Å². The zero-order valence-electron chi connectivity index (χ0n) is 19.4. The minimum atomic E-state index is -2.29. The molecule has 0 saturated carbocycles. The van der Waals surface area contributed by atoms with E-state index in [1.165, 1.54) is 6.07 Å². The van der Waals surface area contributed by atoms with E-state index in [1.54, 1.807) is 0 Å². The number of rotatable bonds is 6. The summed E-state index contributed by atoms with van der Waals surface area (Å²) in [5.41, 5.74) is 3.28. The first-order valence-corrected chi connectivity index (χ1v) is 11.6. The fourth-order valence-electron chi connectivity index (χ4n) is 4.23. The molecule has 1 aliphatic heterocycles. The molecule has 4 rings (SSSR count). The highest BCUT2D eigenvalue weighted by atomic mass is 32.1. The molecule has 0 aromatic heterocycles. The van der Waals surface area contributed by atoms with Gasteiger partial charge >= 0.3 is 5.97 Å². The van der Waals surface area contributed by atoms with Crippen LogP contribution in [0.3, 0.4) is 0 Å². The average Bonchev–Trinajstić information content (AvgIpc) is 2.87. The lowest BCUT2D eigenvalue weighted by molar-refractivity contribution is -0.151. The van der Waals surface area contributed by atoms with Crippen LogP contribution in [0.4, 0.5) is 0 Å². The van der Waals surface area contributed by atoms with Crippen LogP contribution in [0.2, 0.25) is 0 Å². The number of hydrogen-bond donors (Lipinski definition) is 9. The number of hydrogen-bond acceptors (Lipinski definition) is 13. The number of esters is 1. The Hall–Kier alpha value is -4.49. The Balaban J connectivity index is 1.94. The van der Waals surface area contributed by atoms with Gasteiger partial charge in [0.1, 0.15) is 17.2 Å². The molecule has 3 aromatic rings. The maximum atomic E-state index is 13.8. The lowest BCUT2D eigenvalue weighted by Crippen LogP contribution is -2.60. The number of aromatic hydroxyl groups is 7. The number of phenolic OH excluding ortho intramolecular Hbond substituents is 7. The minimum absolute atomic E-state index is 0.0582. The number of carbonyl (C=O) groups is 2. The van der Waals surface area contributed by atoms with Crippen LogP contribution in [0, 0.1) is 0 Å². The summed E-state index contributed by atoms with van der Waals surface area (Å²) in [6.45, 7) is 0. The molecule has 0 radical (unpaired) electrons. The first-order chi connectivity index (χ1) is 17.9. The Kier molecular flexibility index (Phi) is 6.82. The van der Waals surface area contributed by atoms with Crippen molar-refractivity contribution in [1.29, 1.82) is 0 Å². The summed E-state index contributed by atoms with van der Waals surface area (Å²) in [4.78, 5) is 27.0. The summed E-state index contributed by atoms with van der Waals surface area (Å²) in [6.07, 6.45) is -1.96. The number of benzene rings is 3. The summed E-state index contributed by atoms with van der Waals surface area (Å²) in [5.74, 6) is -6.87. The number of fused-ring (bicyclic) bond motifs is 1. The zero-order valence-corrected chi connectivity index (χ0v) is 20.3. The van der Waals surface area contributed by atoms with Crippen LogP contribution in [0.1, 0.15) is 21.5 Å². The second-order valence-electron chi connectivity index (χ2n) is 8.60. The molecular formula is C25H23NO11S. The van der Waals surface area contributed by atoms with E-state index in [4.69, 9.17) is 15.2 Å². The van der Waals surface area contributed by atoms with Gasteiger partial charge in [0, 0.05) is 35.4 Å². The van der Waals surface area contributed by atoms with Gasteiger partial charge in [-0.2, -0.15) is 12.6 Å². The second-order valence-corrected chi connectivity index (χ2v) is 8.96. The molecule has 13 heteroatoms. The van der Waals surface area contributed by atoms with Crippen LogP contribution in [0.5, 0.6) is 46.0 Å². The molecule has 0 saturated heterocycles. The van der Waals surface area contributed by atoms with Gasteiger partial charge in [-0.25, -0.2) is 4.79 Å². The van der Waals surface area contributed by atoms with Crippen molar-refractivity contribution in [3.05, 3.63) is 59.2 Å². The number of carbonyl (C=O) groups excluding carboxylic acids is 2. The van der Waals surface area contributed by atoms with Crippen LogP contribution in [-0.4, -0.2) is 65.4 Å². The molecule has 0 amide bonds. The standard InChI is InChI=1S/C25H23NO11S/c26-14(9-38)23(34)25(11-1-2-15(28)17(30)5-11)21(8-13-16(29)6-12(27)7-20(13)37-25)36-24(35)10-3-18(31)22(33)19(32)4-10/h1-7,14,21,27-33,38H,8-9,26H2/t14-,21?,25?/m0/s1. The van der Waals surface area contributed by atoms with Crippen LogP contribution in [-0.2, 0) is 21.6 Å². The molecule has 200 valence electrons. The van der Waals surface area contributed by atoms with Gasteiger partial charge in [-0.3, -0.25) is 4.79 Å². The molecule has 0 spiro atoms. The zero-order chi connectivity index (χ0) is 27.9. The van der Waals surface area contributed by atoms with Gasteiger partial charge in [-0.05, 0) is 24.3 Å². The average molecular weight is 546 g/mol. The lowest BCUT2D eigenvalue weighted by Gasteiger charge is -2.44. The molecule has 9 N–H and O–H groups in total. The molecule has 38 heavy (non-hydrogen) atoms. The van der Waals surface area contributed by atoms with E-state index < -0.39 is 75.3 Å². The van der Waals surface area contributed by atoms with Gasteiger partial charge in [-0.1, -0.05) is 6.07 Å². The molecule has 0 bridgehead atoms. The molecule has 2 unspecified atom stereocenters. The van der Waals surface area contributed by atoms with Crippen molar-refractivity contribution < 1.29 is 54.8 Å². The van der Waals surface area contributed by atoms with Crippen molar-refractivity contribution in [3.8, 4) is 46.0 Å². The molecule has 0 aliphatic carbocycles. The first-order valence-electron chi connectivity index (χ1n) is 11.0. The van der Waals surface area contributed by atoms with E-state index in [0.717, 1.165) is 36.4 Å². The maximum Gasteiger partial charge on any atom is 0.338 e. The van der Waals surface area contributed by atoms with Crippen molar-refractivity contribution in [2.45, 2.75) is 24.2 Å². The van der Waals surface area contributed by atoms with Gasteiger partial charge in [-0.15, -0.1) is 0 Å². The van der Waals surface area contributed by atoms with Crippen LogP contribution in [0.15, 0.2) is 42.5 Å². The molecule has 12 nitrogen and oxygen atoms in total. The van der Waals surface area contributed by atoms with Gasteiger partial charge in [0.25, 0.3) is 0 Å². The largest absolute Gasteiger partial charge is 0.508 e. The number of Topliss-reactive ketones (excluding diaryl/α,β-unsaturated/α-hetero) is 1. The molecule has 0 fully saturated rings. The highest BCUT2D eigenvalue weighted by Gasteiger charge is 2.56. The fourth-order valence-corrected chi connectivity index (χ4v) is 4.40. The molecular weight excluding hydrogens is 522 g/mol. The topological polar surface area (TPSA) is 220 Å². The Labute approximate surface area is 220 Å². The van der Waals surface area contributed by atoms with Gasteiger partial charge in [0.2, 0.25) is 11.4 Å². The highest BCUT2D eigenvalue weighted by molar-refractivity contribution is 7.80. The SMILES string of the molecule is N[C@@H](CS)C(=O)C1(c2ccc(O)c(O)c2)Oc2cc(O)cc(O)c2CC1OC(=O)c1cc(O)c(O)c(O)c1. The molecule has 1 aliphatic rings. The smallest absolute Gasteiger partial charge is 0.338 e. The molecule has 1 heterocycles. The predicted molar refractivity (Wildman–Crippen MR) is 133 cm³/mol. The fraction of sp³-hybridized carbons (Fsp3) is 0.200. The molecule has 3 atom stereocenters. The van der Waals surface area contributed by atoms with Crippen molar-refractivity contribution >= 4 is 24.4 Å². The van der Waals surface area contributed by atoms with E-state index in [0.29, 0.717) is 0 Å². The highest BCUT2D eigenvalue weighted by Crippen LogP contribution is 2.48. The predicted octanol–water partition coefficient (Wildman–Crippen LogP) is 1.51. The minimum Gasteiger partial charge on any atom is -0.508 e. The maximum absolute atomic E-state index is 13.8. The summed E-state index contributed by atoms with van der Waals surface area (Å²) in [5, 5.41) is 69.8. The Bertz CT molecular complexity index is 1420. The second kappa shape index (κ2) is 9.76. The third-order valence-electron chi connectivity index (χ3n) is 6.14. The summed E-state index contributed by atoms with van der Waals surface area (Å²) in [6, 6.07) is 5.77. The van der Waals surface area contributed by atoms with Crippen LogP contribution < -0.4 is 10.5 Å². The number of thiol groups is 1. The number of ketones is 1. The molecule has 3 aromatic carbocycles. The Morgan fingerprint density at radius 1 is 0.947 bits per heavy atom. The number of nitrogens with two attached hydrogens (primary N) is 1. The van der Waals surface area contributed by atoms with Crippen molar-refractivity contribution in [2.75, 3.05) is 5.75 Å². The third-order valence-corrected chi connectivity index (χ3v) is 6.54. The monoisotopic (exact) mass is 545 g/mol. The number of ether oxygens (including phenoxy) is 2. The van der Waals surface area contributed by atoms with Gasteiger partial charge in [0.05, 0.1) is 11.6 Å². The summed E-state index contributed by atoms with van der Waals surface area (Å²) in [7, 11) is 0. The quantitative estimate of drug-likeness (QED) is 0.122. The van der Waals surface area contributed by atoms with Gasteiger partial charge < -0.3 is 51.0 Å².